The topological polar surface area (TPSA) is 32.3 Å². The maximum Gasteiger partial charge on any atom is 0.115 e. The lowest BCUT2D eigenvalue weighted by molar-refractivity contribution is 0.473. The average Bonchev–Trinajstić information content (AvgIpc) is 2.42. The minimum absolute atomic E-state index is 0.325. The molecule has 2 nitrogen and oxygen atoms in total. The third-order valence-corrected chi connectivity index (χ3v) is 3.86. The van der Waals surface area contributed by atoms with Gasteiger partial charge in [0.1, 0.15) is 5.75 Å². The van der Waals surface area contributed by atoms with Gasteiger partial charge in [-0.25, -0.2) is 0 Å². The van der Waals surface area contributed by atoms with E-state index in [1.165, 1.54) is 11.1 Å². The summed E-state index contributed by atoms with van der Waals surface area (Å²) in [4.78, 5) is 0. The number of phenols is 1. The molecule has 0 bridgehead atoms. The number of phenolic OH excluding ortho intramolecular Hbond substituents is 1. The van der Waals surface area contributed by atoms with Crippen LogP contribution in [0.2, 0.25) is 0 Å². The first kappa shape index (κ1) is 15.1. The molecule has 20 heavy (non-hydrogen) atoms. The SMILES string of the molecule is CNCC(Cc1ccc(O)cc1)Cc1cccc(Br)c1. The predicted octanol–water partition coefficient (Wildman–Crippen LogP) is 3.78. The van der Waals surface area contributed by atoms with E-state index in [2.05, 4.69) is 45.5 Å². The minimum atomic E-state index is 0.325. The first-order chi connectivity index (χ1) is 9.67. The molecule has 0 aliphatic rings. The molecule has 2 aromatic rings. The zero-order valence-corrected chi connectivity index (χ0v) is 13.2. The summed E-state index contributed by atoms with van der Waals surface area (Å²) < 4.78 is 1.13. The van der Waals surface area contributed by atoms with Gasteiger partial charge in [-0.15, -0.1) is 0 Å². The van der Waals surface area contributed by atoms with Gasteiger partial charge in [-0.2, -0.15) is 0 Å². The second-order valence-electron chi connectivity index (χ2n) is 5.13. The lowest BCUT2D eigenvalue weighted by Crippen LogP contribution is -2.22. The van der Waals surface area contributed by atoms with E-state index in [1.54, 1.807) is 12.1 Å². The Morgan fingerprint density at radius 1 is 1.05 bits per heavy atom. The quantitative estimate of drug-likeness (QED) is 0.843. The Hall–Kier alpha value is -1.32. The van der Waals surface area contributed by atoms with Crippen LogP contribution in [0.15, 0.2) is 53.0 Å². The van der Waals surface area contributed by atoms with Gasteiger partial charge < -0.3 is 10.4 Å². The van der Waals surface area contributed by atoms with E-state index >= 15 is 0 Å². The van der Waals surface area contributed by atoms with Gasteiger partial charge in [0.25, 0.3) is 0 Å². The van der Waals surface area contributed by atoms with Crippen molar-refractivity contribution in [2.24, 2.45) is 5.92 Å². The Labute approximate surface area is 129 Å². The first-order valence-corrected chi connectivity index (χ1v) is 7.63. The van der Waals surface area contributed by atoms with Gasteiger partial charge in [-0.05, 0) is 67.7 Å². The maximum atomic E-state index is 9.34. The molecule has 0 saturated carbocycles. The van der Waals surface area contributed by atoms with E-state index in [4.69, 9.17) is 0 Å². The van der Waals surface area contributed by atoms with Crippen molar-refractivity contribution in [3.05, 3.63) is 64.1 Å². The van der Waals surface area contributed by atoms with E-state index in [-0.39, 0.29) is 0 Å². The number of benzene rings is 2. The van der Waals surface area contributed by atoms with Crippen molar-refractivity contribution in [3.8, 4) is 5.75 Å². The molecule has 0 aliphatic carbocycles. The Bertz CT molecular complexity index is 539. The van der Waals surface area contributed by atoms with Gasteiger partial charge in [0.05, 0.1) is 0 Å². The van der Waals surface area contributed by atoms with Crippen molar-refractivity contribution in [1.29, 1.82) is 0 Å². The molecule has 0 heterocycles. The van der Waals surface area contributed by atoms with Crippen molar-refractivity contribution in [3.63, 3.8) is 0 Å². The number of hydrogen-bond acceptors (Lipinski definition) is 2. The summed E-state index contributed by atoms with van der Waals surface area (Å²) in [5.74, 6) is 0.866. The van der Waals surface area contributed by atoms with Crippen molar-refractivity contribution >= 4 is 15.9 Å². The van der Waals surface area contributed by atoms with Crippen LogP contribution in [0.3, 0.4) is 0 Å². The van der Waals surface area contributed by atoms with Crippen molar-refractivity contribution in [2.75, 3.05) is 13.6 Å². The maximum absolute atomic E-state index is 9.34. The number of aromatic hydroxyl groups is 1. The molecular formula is C17H20BrNO. The van der Waals surface area contributed by atoms with Crippen molar-refractivity contribution < 1.29 is 5.11 Å². The van der Waals surface area contributed by atoms with Crippen LogP contribution in [0, 0.1) is 5.92 Å². The van der Waals surface area contributed by atoms with Gasteiger partial charge in [-0.1, -0.05) is 40.2 Å². The molecule has 0 aromatic heterocycles. The number of hydrogen-bond donors (Lipinski definition) is 2. The van der Waals surface area contributed by atoms with Crippen LogP contribution in [-0.2, 0) is 12.8 Å². The van der Waals surface area contributed by atoms with E-state index in [1.807, 2.05) is 19.2 Å². The molecule has 1 unspecified atom stereocenters. The average molecular weight is 334 g/mol. The summed E-state index contributed by atoms with van der Waals surface area (Å²) in [6.07, 6.45) is 2.05. The Balaban J connectivity index is 2.05. The van der Waals surface area contributed by atoms with Crippen LogP contribution >= 0.6 is 15.9 Å². The van der Waals surface area contributed by atoms with E-state index in [9.17, 15) is 5.11 Å². The van der Waals surface area contributed by atoms with Gasteiger partial charge in [0.2, 0.25) is 0 Å². The summed E-state index contributed by atoms with van der Waals surface area (Å²) in [6, 6.07) is 16.0. The summed E-state index contributed by atoms with van der Waals surface area (Å²) in [6.45, 7) is 0.980. The van der Waals surface area contributed by atoms with Crippen LogP contribution in [0.1, 0.15) is 11.1 Å². The highest BCUT2D eigenvalue weighted by Crippen LogP contribution is 2.19. The summed E-state index contributed by atoms with van der Waals surface area (Å²) in [5.41, 5.74) is 2.61. The van der Waals surface area contributed by atoms with Gasteiger partial charge in [0.15, 0.2) is 0 Å². The molecule has 0 spiro atoms. The Morgan fingerprint density at radius 3 is 2.40 bits per heavy atom. The lowest BCUT2D eigenvalue weighted by atomic mass is 9.92. The predicted molar refractivity (Wildman–Crippen MR) is 87.1 cm³/mol. The van der Waals surface area contributed by atoms with Gasteiger partial charge >= 0.3 is 0 Å². The second-order valence-corrected chi connectivity index (χ2v) is 6.04. The van der Waals surface area contributed by atoms with Gasteiger partial charge in [-0.3, -0.25) is 0 Å². The van der Waals surface area contributed by atoms with E-state index < -0.39 is 0 Å². The number of nitrogens with one attached hydrogen (secondary N) is 1. The summed E-state index contributed by atoms with van der Waals surface area (Å²) in [5, 5.41) is 12.6. The molecule has 0 saturated heterocycles. The molecule has 106 valence electrons. The Kier molecular flexibility index (Phi) is 5.62. The highest BCUT2D eigenvalue weighted by Gasteiger charge is 2.10. The molecule has 3 heteroatoms. The van der Waals surface area contributed by atoms with Crippen LogP contribution in [0.5, 0.6) is 5.75 Å². The molecule has 0 amide bonds. The third-order valence-electron chi connectivity index (χ3n) is 3.37. The van der Waals surface area contributed by atoms with E-state index in [0.717, 1.165) is 23.9 Å². The molecule has 0 fully saturated rings. The number of rotatable bonds is 6. The molecular weight excluding hydrogens is 314 g/mol. The lowest BCUT2D eigenvalue weighted by Gasteiger charge is -2.17. The van der Waals surface area contributed by atoms with Crippen LogP contribution in [-0.4, -0.2) is 18.7 Å². The normalized spacial score (nSPS) is 12.3. The van der Waals surface area contributed by atoms with E-state index in [0.29, 0.717) is 11.7 Å². The van der Waals surface area contributed by atoms with Crippen LogP contribution in [0.4, 0.5) is 0 Å². The molecule has 1 atom stereocenters. The monoisotopic (exact) mass is 333 g/mol. The molecule has 0 aliphatic heterocycles. The summed E-state index contributed by atoms with van der Waals surface area (Å²) >= 11 is 3.52. The third kappa shape index (κ3) is 4.66. The van der Waals surface area contributed by atoms with Crippen molar-refractivity contribution in [1.82, 2.24) is 5.32 Å². The van der Waals surface area contributed by atoms with Crippen molar-refractivity contribution in [2.45, 2.75) is 12.8 Å². The summed E-state index contributed by atoms with van der Waals surface area (Å²) in [7, 11) is 1.99. The molecule has 0 radical (unpaired) electrons. The van der Waals surface area contributed by atoms with Crippen LogP contribution < -0.4 is 5.32 Å². The minimum Gasteiger partial charge on any atom is -0.508 e. The van der Waals surface area contributed by atoms with Crippen LogP contribution in [0.25, 0.3) is 0 Å². The van der Waals surface area contributed by atoms with Gasteiger partial charge in [0, 0.05) is 4.47 Å². The zero-order valence-electron chi connectivity index (χ0n) is 11.6. The largest absolute Gasteiger partial charge is 0.508 e. The molecule has 2 aromatic carbocycles. The molecule has 2 rings (SSSR count). The Morgan fingerprint density at radius 2 is 1.75 bits per heavy atom. The first-order valence-electron chi connectivity index (χ1n) is 6.84. The highest BCUT2D eigenvalue weighted by atomic mass is 79.9. The highest BCUT2D eigenvalue weighted by molar-refractivity contribution is 9.10. The second kappa shape index (κ2) is 7.46. The zero-order chi connectivity index (χ0) is 14.4. The fraction of sp³-hybridized carbons (Fsp3) is 0.294. The fourth-order valence-electron chi connectivity index (χ4n) is 2.47. The number of halogens is 1. The smallest absolute Gasteiger partial charge is 0.115 e. The standard InChI is InChI=1S/C17H20BrNO/c1-19-12-15(9-13-5-7-17(20)8-6-13)10-14-3-2-4-16(18)11-14/h2-8,11,15,19-20H,9-10,12H2,1H3. The fourth-order valence-corrected chi connectivity index (χ4v) is 2.91. The molecule has 2 N–H and O–H groups in total.